The van der Waals surface area contributed by atoms with Crippen molar-refractivity contribution in [2.45, 2.75) is 24.5 Å². The number of anilines is 1. The average molecular weight is 464 g/mol. The molecule has 0 aromatic carbocycles. The zero-order valence-corrected chi connectivity index (χ0v) is 17.3. The van der Waals surface area contributed by atoms with E-state index in [0.29, 0.717) is 24.3 Å². The number of phosphoric acid groups is 1. The molecule has 1 fully saturated rings. The summed E-state index contributed by atoms with van der Waals surface area (Å²) in [5, 5.41) is 9.67. The minimum absolute atomic E-state index is 0.141. The summed E-state index contributed by atoms with van der Waals surface area (Å²) < 4.78 is 39.8. The van der Waals surface area contributed by atoms with Gasteiger partial charge in [-0.1, -0.05) is 0 Å². The van der Waals surface area contributed by atoms with Gasteiger partial charge in [-0.2, -0.15) is 0 Å². The number of ether oxygens (including phenoxy) is 4. The van der Waals surface area contributed by atoms with Crippen molar-refractivity contribution in [3.63, 3.8) is 0 Å². The van der Waals surface area contributed by atoms with E-state index in [1.165, 1.54) is 17.2 Å². The number of nitrogens with zero attached hydrogens (tertiary/aromatic N) is 4. The Kier molecular flexibility index (Phi) is 8.23. The lowest BCUT2D eigenvalue weighted by Crippen LogP contribution is -2.38. The van der Waals surface area contributed by atoms with E-state index in [1.807, 2.05) is 0 Å². The van der Waals surface area contributed by atoms with Gasteiger partial charge in [-0.3, -0.25) is 9.09 Å². The maximum Gasteiger partial charge on any atom is 0.470 e. The van der Waals surface area contributed by atoms with Crippen molar-refractivity contribution in [2.24, 2.45) is 5.73 Å². The minimum Gasteiger partial charge on any atom is -0.394 e. The van der Waals surface area contributed by atoms with Gasteiger partial charge < -0.3 is 45.3 Å². The summed E-state index contributed by atoms with van der Waals surface area (Å²) in [6.45, 7) is 0.406. The SMILES string of the molecule is NCCOCCOCO[C@@H]1[C@H](OP(=O)(O)O)[C@@H](CO)O[C@H]1n1cnc2c(N)ncnc21. The van der Waals surface area contributed by atoms with Crippen molar-refractivity contribution < 1.29 is 42.9 Å². The smallest absolute Gasteiger partial charge is 0.394 e. The number of nitrogen functional groups attached to an aromatic ring is 1. The number of hydrogen-bond acceptors (Lipinski definition) is 12. The Morgan fingerprint density at radius 1 is 1.16 bits per heavy atom. The third kappa shape index (κ3) is 5.93. The lowest BCUT2D eigenvalue weighted by atomic mass is 10.1. The number of aliphatic hydroxyl groups is 1. The van der Waals surface area contributed by atoms with Crippen LogP contribution in [0.1, 0.15) is 6.23 Å². The molecule has 0 aliphatic carbocycles. The Labute approximate surface area is 176 Å². The normalized spacial score (nSPS) is 24.3. The molecule has 0 saturated carbocycles. The van der Waals surface area contributed by atoms with Gasteiger partial charge in [0.05, 0.1) is 32.8 Å². The van der Waals surface area contributed by atoms with Crippen molar-refractivity contribution in [3.8, 4) is 0 Å². The highest BCUT2D eigenvalue weighted by molar-refractivity contribution is 7.46. The molecule has 0 spiro atoms. The summed E-state index contributed by atoms with van der Waals surface area (Å²) in [6, 6.07) is 0. The van der Waals surface area contributed by atoms with Crippen molar-refractivity contribution >= 4 is 24.8 Å². The molecule has 4 atom stereocenters. The predicted molar refractivity (Wildman–Crippen MR) is 103 cm³/mol. The number of rotatable bonds is 12. The second-order valence-electron chi connectivity index (χ2n) is 6.45. The van der Waals surface area contributed by atoms with E-state index in [2.05, 4.69) is 15.0 Å². The predicted octanol–water partition coefficient (Wildman–Crippen LogP) is -1.89. The standard InChI is InChI=1S/C15H25N6O9P/c16-1-2-26-3-4-27-8-28-12-11(30-31(23,24)25)9(5-22)29-15(12)21-7-20-10-13(17)18-6-19-14(10)21/h6-7,9,11-12,15,22H,1-5,8,16H2,(H2,17,18,19)(H2,23,24,25)/t9-,11-,12-,15-/m1/s1. The number of imidazole rings is 1. The highest BCUT2D eigenvalue weighted by Crippen LogP contribution is 2.45. The third-order valence-electron chi connectivity index (χ3n) is 4.36. The van der Waals surface area contributed by atoms with Crippen LogP contribution in [0.5, 0.6) is 0 Å². The third-order valence-corrected chi connectivity index (χ3v) is 4.88. The van der Waals surface area contributed by atoms with Crippen LogP contribution in [-0.2, 0) is 28.0 Å². The average Bonchev–Trinajstić information content (AvgIpc) is 3.28. The number of hydrogen-bond donors (Lipinski definition) is 5. The number of nitrogens with two attached hydrogens (primary N) is 2. The van der Waals surface area contributed by atoms with Gasteiger partial charge in [0.15, 0.2) is 17.7 Å². The number of aromatic nitrogens is 4. The Hall–Kier alpha value is -1.78. The largest absolute Gasteiger partial charge is 0.470 e. The van der Waals surface area contributed by atoms with Crippen LogP contribution in [-0.4, -0.2) is 92.5 Å². The van der Waals surface area contributed by atoms with Gasteiger partial charge in [-0.25, -0.2) is 19.5 Å². The molecule has 3 rings (SSSR count). The van der Waals surface area contributed by atoms with Crippen LogP contribution in [0.15, 0.2) is 12.7 Å². The fourth-order valence-electron chi connectivity index (χ4n) is 3.09. The molecule has 1 saturated heterocycles. The monoisotopic (exact) mass is 464 g/mol. The Bertz CT molecular complexity index is 895. The van der Waals surface area contributed by atoms with Crippen molar-refractivity contribution in [1.29, 1.82) is 0 Å². The van der Waals surface area contributed by atoms with E-state index in [1.54, 1.807) is 0 Å². The molecule has 1 aliphatic rings. The van der Waals surface area contributed by atoms with Gasteiger partial charge in [0, 0.05) is 6.54 Å². The van der Waals surface area contributed by atoms with Crippen LogP contribution >= 0.6 is 7.82 Å². The topological polar surface area (TPSA) is 220 Å². The van der Waals surface area contributed by atoms with Crippen LogP contribution in [0.25, 0.3) is 11.2 Å². The van der Waals surface area contributed by atoms with E-state index < -0.39 is 39.0 Å². The van der Waals surface area contributed by atoms with E-state index in [-0.39, 0.29) is 25.8 Å². The highest BCUT2D eigenvalue weighted by Gasteiger charge is 2.50. The van der Waals surface area contributed by atoms with E-state index >= 15 is 0 Å². The molecule has 15 nitrogen and oxygen atoms in total. The lowest BCUT2D eigenvalue weighted by Gasteiger charge is -2.24. The highest BCUT2D eigenvalue weighted by atomic mass is 31.2. The second-order valence-corrected chi connectivity index (χ2v) is 7.64. The Morgan fingerprint density at radius 3 is 2.65 bits per heavy atom. The van der Waals surface area contributed by atoms with Crippen molar-refractivity contribution in [2.75, 3.05) is 45.5 Å². The van der Waals surface area contributed by atoms with Crippen molar-refractivity contribution in [3.05, 3.63) is 12.7 Å². The Morgan fingerprint density at radius 2 is 1.94 bits per heavy atom. The molecule has 0 amide bonds. The lowest BCUT2D eigenvalue weighted by molar-refractivity contribution is -0.142. The molecule has 31 heavy (non-hydrogen) atoms. The van der Waals surface area contributed by atoms with Gasteiger partial charge in [-0.15, -0.1) is 0 Å². The zero-order valence-electron chi connectivity index (χ0n) is 16.4. The molecule has 1 aliphatic heterocycles. The van der Waals surface area contributed by atoms with Gasteiger partial charge in [0.25, 0.3) is 0 Å². The van der Waals surface area contributed by atoms with Crippen LogP contribution in [0.2, 0.25) is 0 Å². The Balaban J connectivity index is 1.79. The molecular formula is C15H25N6O9P. The molecular weight excluding hydrogens is 439 g/mol. The summed E-state index contributed by atoms with van der Waals surface area (Å²) in [5.74, 6) is 0.141. The first-order chi connectivity index (χ1) is 14.9. The van der Waals surface area contributed by atoms with E-state index in [4.69, 9.17) is 34.9 Å². The molecule has 3 heterocycles. The number of aliphatic hydroxyl groups excluding tert-OH is 1. The van der Waals surface area contributed by atoms with E-state index in [9.17, 15) is 19.5 Å². The van der Waals surface area contributed by atoms with Gasteiger partial charge >= 0.3 is 7.82 Å². The maximum atomic E-state index is 11.5. The summed E-state index contributed by atoms with van der Waals surface area (Å²) in [4.78, 5) is 30.8. The summed E-state index contributed by atoms with van der Waals surface area (Å²) in [5.41, 5.74) is 11.7. The molecule has 2 aromatic rings. The quantitative estimate of drug-likeness (QED) is 0.132. The number of fused-ring (bicyclic) bond motifs is 1. The molecule has 7 N–H and O–H groups in total. The fourth-order valence-corrected chi connectivity index (χ4v) is 3.66. The summed E-state index contributed by atoms with van der Waals surface area (Å²) >= 11 is 0. The summed E-state index contributed by atoms with van der Waals surface area (Å²) in [6.07, 6.45) is -1.92. The fraction of sp³-hybridized carbons (Fsp3) is 0.667. The first-order valence-corrected chi connectivity index (χ1v) is 10.8. The van der Waals surface area contributed by atoms with E-state index in [0.717, 1.165) is 0 Å². The van der Waals surface area contributed by atoms with Crippen LogP contribution in [0.3, 0.4) is 0 Å². The van der Waals surface area contributed by atoms with Crippen LogP contribution < -0.4 is 11.5 Å². The molecule has 0 unspecified atom stereocenters. The van der Waals surface area contributed by atoms with Gasteiger partial charge in [0.2, 0.25) is 0 Å². The van der Waals surface area contributed by atoms with Crippen molar-refractivity contribution in [1.82, 2.24) is 19.5 Å². The zero-order chi connectivity index (χ0) is 22.4. The van der Waals surface area contributed by atoms with Gasteiger partial charge in [0.1, 0.15) is 36.9 Å². The molecule has 174 valence electrons. The molecule has 0 bridgehead atoms. The maximum absolute atomic E-state index is 11.5. The molecule has 2 aromatic heterocycles. The molecule has 16 heteroatoms. The van der Waals surface area contributed by atoms with Crippen LogP contribution in [0.4, 0.5) is 5.82 Å². The second kappa shape index (κ2) is 10.7. The summed E-state index contributed by atoms with van der Waals surface area (Å²) in [7, 11) is -4.93. The minimum atomic E-state index is -4.93. The van der Waals surface area contributed by atoms with Crippen LogP contribution in [0, 0.1) is 0 Å². The number of phosphoric ester groups is 1. The molecule has 0 radical (unpaired) electrons. The first-order valence-electron chi connectivity index (χ1n) is 9.26. The first kappa shape index (κ1) is 23.9. The van der Waals surface area contributed by atoms with Gasteiger partial charge in [-0.05, 0) is 0 Å².